The van der Waals surface area contributed by atoms with E-state index in [0.29, 0.717) is 16.7 Å². The zero-order valence-corrected chi connectivity index (χ0v) is 32.3. The Labute approximate surface area is 346 Å². The Morgan fingerprint density at radius 1 is 0.448 bits per heavy atom. The molecule has 0 unspecified atom stereocenters. The second kappa shape index (κ2) is 13.7. The molecule has 1 aliphatic carbocycles. The van der Waals surface area contributed by atoms with Gasteiger partial charge in [0, 0.05) is 27.7 Å². The summed E-state index contributed by atoms with van der Waals surface area (Å²) < 4.78 is 7.01. The van der Waals surface area contributed by atoms with Gasteiger partial charge in [-0.15, -0.1) is 16.4 Å². The highest BCUT2D eigenvalue weighted by Crippen LogP contribution is 2.53. The van der Waals surface area contributed by atoms with Gasteiger partial charge in [-0.05, 0) is 98.6 Å². The van der Waals surface area contributed by atoms with Crippen molar-refractivity contribution in [3.63, 3.8) is 0 Å². The molecule has 0 N–H and O–H groups in total. The van der Waals surface area contributed by atoms with Gasteiger partial charge < -0.3 is 9.32 Å². The Balaban J connectivity index is 1.20. The number of furan rings is 1. The predicted molar refractivity (Wildman–Crippen MR) is 249 cm³/mol. The molecule has 262 valence electrons. The van der Waals surface area contributed by atoms with Crippen LogP contribution in [-0.4, -0.2) is 39.2 Å². The molecule has 0 aliphatic heterocycles. The van der Waals surface area contributed by atoms with Crippen LogP contribution in [0, 0.1) is 0 Å². The van der Waals surface area contributed by atoms with Crippen LogP contribution in [-0.2, 0) is 5.41 Å². The Bertz CT molecular complexity index is 3030. The predicted octanol–water partition coefficient (Wildman–Crippen LogP) is 8.33. The molecule has 10 rings (SSSR count). The third kappa shape index (κ3) is 5.55. The van der Waals surface area contributed by atoms with E-state index in [2.05, 4.69) is 158 Å². The first kappa shape index (κ1) is 36.1. The van der Waals surface area contributed by atoms with Crippen molar-refractivity contribution in [2.24, 2.45) is 0 Å². The maximum atomic E-state index is 7.01. The average molecular weight is 729 g/mol. The highest BCUT2D eigenvalue weighted by atomic mass is 16.3. The van der Waals surface area contributed by atoms with Crippen LogP contribution in [0.2, 0.25) is 0 Å². The summed E-state index contributed by atoms with van der Waals surface area (Å²) in [5.74, 6) is 0. The fraction of sp³-hybridized carbons (Fsp3) is 0.0588. The molecule has 0 atom stereocenters. The molecule has 0 amide bonds. The molecule has 0 spiro atoms. The van der Waals surface area contributed by atoms with E-state index >= 15 is 0 Å². The molecule has 10 radical (unpaired) electrons. The lowest BCUT2D eigenvalue weighted by Gasteiger charge is -2.27. The van der Waals surface area contributed by atoms with E-state index in [1.54, 1.807) is 0 Å². The Morgan fingerprint density at radius 3 is 1.60 bits per heavy atom. The quantitative estimate of drug-likeness (QED) is 0.160. The van der Waals surface area contributed by atoms with Crippen LogP contribution < -0.4 is 32.2 Å². The number of para-hydroxylation sites is 1. The zero-order chi connectivity index (χ0) is 39.9. The minimum Gasteiger partial charge on any atom is -0.455 e. The lowest BCUT2D eigenvalue weighted by Crippen LogP contribution is -2.55. The van der Waals surface area contributed by atoms with E-state index in [1.165, 1.54) is 33.4 Å². The number of benzene rings is 8. The number of hydrogen-bond acceptors (Lipinski definition) is 2. The third-order valence-corrected chi connectivity index (χ3v) is 12.0. The van der Waals surface area contributed by atoms with E-state index in [4.69, 9.17) is 43.6 Å². The standard InChI is InChI=1S/C51H32B5NO/c1-51(2)39-16-10-9-15-35(39)37-27-38-42(28-40(37)51)58-50-36(44-45(52)47(54)49(56)48(55)46(44)53)25-26-41(43(38)50)57(33-13-7-4-8-14-33)34-23-21-32(22-24-34)31-19-17-30(18-20-31)29-11-5-3-6-12-29/h3-28H,1-2H3. The molecule has 1 aromatic heterocycles. The molecule has 2 nitrogen and oxygen atoms in total. The first-order valence-corrected chi connectivity index (χ1v) is 19.4. The summed E-state index contributed by atoms with van der Waals surface area (Å²) in [6, 6.07) is 55.4. The van der Waals surface area contributed by atoms with Crippen LogP contribution >= 0.6 is 0 Å². The van der Waals surface area contributed by atoms with E-state index < -0.39 is 0 Å². The Morgan fingerprint density at radius 2 is 0.966 bits per heavy atom. The molecule has 7 heteroatoms. The highest BCUT2D eigenvalue weighted by Gasteiger charge is 2.36. The Hall–Kier alpha value is -6.32. The molecule has 1 aliphatic rings. The highest BCUT2D eigenvalue weighted by molar-refractivity contribution is 6.68. The summed E-state index contributed by atoms with van der Waals surface area (Å²) in [6.07, 6.45) is 0. The van der Waals surface area contributed by atoms with E-state index in [0.717, 1.165) is 44.5 Å². The SMILES string of the molecule is [B]c1c([B])c([B])c(-c2ccc(N(c3ccccc3)c3ccc(-c4ccc(-c5ccccc5)cc4)cc3)c3c2oc2cc4c(cc23)-c2ccccc2C4(C)C)c([B])c1[B]. The molecular weight excluding hydrogens is 697 g/mol. The van der Waals surface area contributed by atoms with Gasteiger partial charge in [-0.3, -0.25) is 0 Å². The minimum absolute atomic E-state index is 0.166. The molecule has 9 aromatic rings. The lowest BCUT2D eigenvalue weighted by molar-refractivity contribution is 0.648. The number of fused-ring (bicyclic) bond motifs is 6. The molecular formula is C51H32B5NO. The molecule has 58 heavy (non-hydrogen) atoms. The molecule has 0 saturated carbocycles. The van der Waals surface area contributed by atoms with Crippen molar-refractivity contribution in [1.82, 2.24) is 0 Å². The second-order valence-electron chi connectivity index (χ2n) is 15.6. The van der Waals surface area contributed by atoms with Crippen molar-refractivity contribution >= 4 is 106 Å². The van der Waals surface area contributed by atoms with Gasteiger partial charge in [-0.25, -0.2) is 0 Å². The van der Waals surface area contributed by atoms with Crippen LogP contribution in [0.25, 0.3) is 66.4 Å². The van der Waals surface area contributed by atoms with Crippen molar-refractivity contribution in [3.8, 4) is 44.5 Å². The maximum Gasteiger partial charge on any atom is 0.145 e. The summed E-state index contributed by atoms with van der Waals surface area (Å²) in [6.45, 7) is 4.53. The van der Waals surface area contributed by atoms with Gasteiger partial charge >= 0.3 is 0 Å². The minimum atomic E-state index is -0.223. The van der Waals surface area contributed by atoms with Crippen LogP contribution in [0.15, 0.2) is 162 Å². The number of anilines is 3. The molecule has 1 heterocycles. The van der Waals surface area contributed by atoms with E-state index in [1.807, 2.05) is 18.2 Å². The van der Waals surface area contributed by atoms with E-state index in [9.17, 15) is 0 Å². The first-order valence-electron chi connectivity index (χ1n) is 19.4. The fourth-order valence-electron chi connectivity index (χ4n) is 8.87. The van der Waals surface area contributed by atoms with Gasteiger partial charge in [0.2, 0.25) is 0 Å². The average Bonchev–Trinajstić information content (AvgIpc) is 3.75. The van der Waals surface area contributed by atoms with Crippen LogP contribution in [0.4, 0.5) is 17.1 Å². The zero-order valence-electron chi connectivity index (χ0n) is 32.3. The largest absolute Gasteiger partial charge is 0.455 e. The summed E-state index contributed by atoms with van der Waals surface area (Å²) in [5, 5.41) is 1.86. The van der Waals surface area contributed by atoms with Gasteiger partial charge in [0.25, 0.3) is 0 Å². The molecule has 8 aromatic carbocycles. The van der Waals surface area contributed by atoms with Gasteiger partial charge in [-0.1, -0.05) is 134 Å². The van der Waals surface area contributed by atoms with Crippen LogP contribution in [0.1, 0.15) is 25.0 Å². The summed E-state index contributed by atoms with van der Waals surface area (Å²) in [7, 11) is 32.6. The van der Waals surface area contributed by atoms with Crippen molar-refractivity contribution in [1.29, 1.82) is 0 Å². The number of hydrogen-bond donors (Lipinski definition) is 0. The van der Waals surface area contributed by atoms with Gasteiger partial charge in [0.05, 0.1) is 11.1 Å². The van der Waals surface area contributed by atoms with Gasteiger partial charge in [-0.2, -0.15) is 0 Å². The second-order valence-corrected chi connectivity index (χ2v) is 15.6. The maximum absolute atomic E-state index is 7.01. The topological polar surface area (TPSA) is 16.4 Å². The third-order valence-electron chi connectivity index (χ3n) is 12.0. The van der Waals surface area contributed by atoms with Gasteiger partial charge in [0.15, 0.2) is 0 Å². The molecule has 0 fully saturated rings. The van der Waals surface area contributed by atoms with Crippen molar-refractivity contribution < 1.29 is 4.42 Å². The van der Waals surface area contributed by atoms with Crippen molar-refractivity contribution in [3.05, 3.63) is 169 Å². The number of rotatable bonds is 6. The monoisotopic (exact) mass is 729 g/mol. The van der Waals surface area contributed by atoms with Crippen molar-refractivity contribution in [2.45, 2.75) is 19.3 Å². The first-order chi connectivity index (χ1) is 28.1. The van der Waals surface area contributed by atoms with E-state index in [-0.39, 0.29) is 32.7 Å². The summed E-state index contributed by atoms with van der Waals surface area (Å²) >= 11 is 0. The molecule has 0 saturated heterocycles. The number of nitrogens with zero attached hydrogens (tertiary/aromatic N) is 1. The smallest absolute Gasteiger partial charge is 0.145 e. The molecule has 0 bridgehead atoms. The summed E-state index contributed by atoms with van der Waals surface area (Å²) in [4.78, 5) is 2.27. The fourth-order valence-corrected chi connectivity index (χ4v) is 8.87. The normalized spacial score (nSPS) is 12.8. The van der Waals surface area contributed by atoms with Crippen molar-refractivity contribution in [2.75, 3.05) is 4.90 Å². The summed E-state index contributed by atoms with van der Waals surface area (Å²) in [5.41, 5.74) is 15.8. The van der Waals surface area contributed by atoms with Crippen LogP contribution in [0.5, 0.6) is 0 Å². The van der Waals surface area contributed by atoms with Crippen LogP contribution in [0.3, 0.4) is 0 Å². The Kier molecular flexibility index (Phi) is 8.50. The van der Waals surface area contributed by atoms with Gasteiger partial charge in [0.1, 0.15) is 50.4 Å². The lowest BCUT2D eigenvalue weighted by atomic mass is 9.59.